The van der Waals surface area contributed by atoms with Gasteiger partial charge in [0.25, 0.3) is 0 Å². The first-order valence-corrected chi connectivity index (χ1v) is 5.54. The SMILES string of the molecule is COc1ccc(C=Nn2cn[nH]c2=S)cc1OC. The fraction of sp³-hybridized carbons (Fsp3) is 0.182. The highest BCUT2D eigenvalue weighted by molar-refractivity contribution is 7.71. The number of H-pyrrole nitrogens is 1. The number of aromatic amines is 1. The molecule has 1 heterocycles. The summed E-state index contributed by atoms with van der Waals surface area (Å²) >= 11 is 4.98. The molecule has 18 heavy (non-hydrogen) atoms. The van der Waals surface area contributed by atoms with Gasteiger partial charge in [0.05, 0.1) is 20.4 Å². The summed E-state index contributed by atoms with van der Waals surface area (Å²) in [6, 6.07) is 5.51. The predicted octanol–water partition coefficient (Wildman–Crippen LogP) is 1.84. The van der Waals surface area contributed by atoms with Gasteiger partial charge in [-0.2, -0.15) is 14.9 Å². The fourth-order valence-corrected chi connectivity index (χ4v) is 1.53. The summed E-state index contributed by atoms with van der Waals surface area (Å²) in [5, 5.41) is 10.5. The molecule has 1 aromatic carbocycles. The predicted molar refractivity (Wildman–Crippen MR) is 69.9 cm³/mol. The molecular weight excluding hydrogens is 252 g/mol. The van der Waals surface area contributed by atoms with Gasteiger partial charge in [0.2, 0.25) is 4.77 Å². The summed E-state index contributed by atoms with van der Waals surface area (Å²) in [7, 11) is 3.18. The Morgan fingerprint density at radius 1 is 1.33 bits per heavy atom. The summed E-state index contributed by atoms with van der Waals surface area (Å²) in [4.78, 5) is 0. The molecule has 0 aliphatic rings. The summed E-state index contributed by atoms with van der Waals surface area (Å²) < 4.78 is 12.3. The van der Waals surface area contributed by atoms with Crippen LogP contribution < -0.4 is 9.47 Å². The van der Waals surface area contributed by atoms with E-state index in [9.17, 15) is 0 Å². The normalized spacial score (nSPS) is 10.8. The topological polar surface area (TPSA) is 64.4 Å². The van der Waals surface area contributed by atoms with Crippen molar-refractivity contribution in [2.24, 2.45) is 5.10 Å². The molecular formula is C11H12N4O2S. The summed E-state index contributed by atoms with van der Waals surface area (Å²) in [6.45, 7) is 0. The molecule has 0 atom stereocenters. The molecule has 0 spiro atoms. The van der Waals surface area contributed by atoms with Gasteiger partial charge in [0.1, 0.15) is 6.33 Å². The van der Waals surface area contributed by atoms with Crippen LogP contribution in [0.5, 0.6) is 11.5 Å². The van der Waals surface area contributed by atoms with E-state index in [0.717, 1.165) is 5.56 Å². The first-order valence-electron chi connectivity index (χ1n) is 5.13. The van der Waals surface area contributed by atoms with Crippen LogP contribution in [0.1, 0.15) is 5.56 Å². The summed E-state index contributed by atoms with van der Waals surface area (Å²) in [5.74, 6) is 1.33. The van der Waals surface area contributed by atoms with Crippen LogP contribution >= 0.6 is 12.2 Å². The Balaban J connectivity index is 2.27. The van der Waals surface area contributed by atoms with E-state index in [1.54, 1.807) is 20.4 Å². The highest BCUT2D eigenvalue weighted by Gasteiger charge is 2.02. The van der Waals surface area contributed by atoms with Gasteiger partial charge in [-0.3, -0.25) is 5.10 Å². The third-order valence-corrected chi connectivity index (χ3v) is 2.55. The van der Waals surface area contributed by atoms with Gasteiger partial charge in [-0.1, -0.05) is 0 Å². The van der Waals surface area contributed by atoms with Crippen molar-refractivity contribution in [3.8, 4) is 11.5 Å². The smallest absolute Gasteiger partial charge is 0.216 e. The van der Waals surface area contributed by atoms with Crippen LogP contribution in [0.15, 0.2) is 29.6 Å². The lowest BCUT2D eigenvalue weighted by Crippen LogP contribution is -1.93. The van der Waals surface area contributed by atoms with Gasteiger partial charge in [-0.25, -0.2) is 0 Å². The summed E-state index contributed by atoms with van der Waals surface area (Å²) in [5.41, 5.74) is 0.871. The maximum atomic E-state index is 5.21. The van der Waals surface area contributed by atoms with E-state index in [2.05, 4.69) is 15.3 Å². The average Bonchev–Trinajstić information content (AvgIpc) is 2.81. The third-order valence-electron chi connectivity index (χ3n) is 2.27. The summed E-state index contributed by atoms with van der Waals surface area (Å²) in [6.07, 6.45) is 3.16. The minimum Gasteiger partial charge on any atom is -0.493 e. The second kappa shape index (κ2) is 5.46. The van der Waals surface area contributed by atoms with Gasteiger partial charge in [0, 0.05) is 0 Å². The number of nitrogens with zero attached hydrogens (tertiary/aromatic N) is 3. The largest absolute Gasteiger partial charge is 0.493 e. The van der Waals surface area contributed by atoms with Crippen molar-refractivity contribution in [1.82, 2.24) is 14.9 Å². The number of benzene rings is 1. The van der Waals surface area contributed by atoms with Gasteiger partial charge in [-0.15, -0.1) is 0 Å². The highest BCUT2D eigenvalue weighted by Crippen LogP contribution is 2.26. The van der Waals surface area contributed by atoms with Gasteiger partial charge in [0.15, 0.2) is 11.5 Å². The molecule has 1 N–H and O–H groups in total. The van der Waals surface area contributed by atoms with E-state index in [0.29, 0.717) is 16.3 Å². The quantitative estimate of drug-likeness (QED) is 0.676. The van der Waals surface area contributed by atoms with E-state index in [-0.39, 0.29) is 0 Å². The zero-order chi connectivity index (χ0) is 13.0. The molecule has 7 heteroatoms. The number of aromatic nitrogens is 3. The van der Waals surface area contributed by atoms with E-state index in [4.69, 9.17) is 21.7 Å². The van der Waals surface area contributed by atoms with Crippen LogP contribution in [-0.4, -0.2) is 35.3 Å². The van der Waals surface area contributed by atoms with Crippen LogP contribution in [0.3, 0.4) is 0 Å². The molecule has 0 aliphatic carbocycles. The Morgan fingerprint density at radius 3 is 2.72 bits per heavy atom. The Bertz CT molecular complexity index is 618. The first-order chi connectivity index (χ1) is 8.74. The maximum Gasteiger partial charge on any atom is 0.216 e. The second-order valence-electron chi connectivity index (χ2n) is 3.37. The molecule has 0 unspecified atom stereocenters. The van der Waals surface area contributed by atoms with Crippen LogP contribution in [0.4, 0.5) is 0 Å². The molecule has 0 saturated heterocycles. The van der Waals surface area contributed by atoms with Crippen LogP contribution in [-0.2, 0) is 0 Å². The highest BCUT2D eigenvalue weighted by atomic mass is 32.1. The molecule has 0 saturated carbocycles. The van der Waals surface area contributed by atoms with Crippen LogP contribution in [0.25, 0.3) is 0 Å². The zero-order valence-corrected chi connectivity index (χ0v) is 10.8. The van der Waals surface area contributed by atoms with Crippen molar-refractivity contribution in [1.29, 1.82) is 0 Å². The number of hydrogen-bond acceptors (Lipinski definition) is 5. The van der Waals surface area contributed by atoms with E-state index >= 15 is 0 Å². The van der Waals surface area contributed by atoms with Crippen molar-refractivity contribution in [2.45, 2.75) is 0 Å². The average molecular weight is 264 g/mol. The molecule has 94 valence electrons. The van der Waals surface area contributed by atoms with E-state index in [1.165, 1.54) is 11.0 Å². The van der Waals surface area contributed by atoms with Crippen molar-refractivity contribution < 1.29 is 9.47 Å². The molecule has 0 radical (unpaired) electrons. The lowest BCUT2D eigenvalue weighted by molar-refractivity contribution is 0.355. The van der Waals surface area contributed by atoms with Gasteiger partial charge >= 0.3 is 0 Å². The number of nitrogens with one attached hydrogen (secondary N) is 1. The Kier molecular flexibility index (Phi) is 3.73. The Morgan fingerprint density at radius 2 is 2.11 bits per heavy atom. The van der Waals surface area contributed by atoms with Crippen molar-refractivity contribution in [3.05, 3.63) is 34.9 Å². The molecule has 0 bridgehead atoms. The molecule has 2 aromatic rings. The molecule has 0 aliphatic heterocycles. The minimum absolute atomic E-state index is 0.437. The van der Waals surface area contributed by atoms with Crippen molar-refractivity contribution in [2.75, 3.05) is 14.2 Å². The van der Waals surface area contributed by atoms with Crippen molar-refractivity contribution >= 4 is 18.4 Å². The molecule has 1 aromatic heterocycles. The standard InChI is InChI=1S/C11H12N4O2S/c1-16-9-4-3-8(5-10(9)17-2)6-13-15-7-12-14-11(15)18/h3-7H,1-2H3,(H,14,18). The Labute approximate surface area is 109 Å². The lowest BCUT2D eigenvalue weighted by atomic mass is 10.2. The molecule has 0 amide bonds. The lowest BCUT2D eigenvalue weighted by Gasteiger charge is -2.07. The van der Waals surface area contributed by atoms with Crippen molar-refractivity contribution in [3.63, 3.8) is 0 Å². The fourth-order valence-electron chi connectivity index (χ4n) is 1.39. The number of hydrogen-bond donors (Lipinski definition) is 1. The number of methoxy groups -OCH3 is 2. The first kappa shape index (κ1) is 12.3. The third kappa shape index (κ3) is 2.57. The second-order valence-corrected chi connectivity index (χ2v) is 3.75. The van der Waals surface area contributed by atoms with Gasteiger partial charge in [-0.05, 0) is 36.0 Å². The Hall–Kier alpha value is -2.15. The monoisotopic (exact) mass is 264 g/mol. The van der Waals surface area contributed by atoms with Crippen LogP contribution in [0, 0.1) is 4.77 Å². The van der Waals surface area contributed by atoms with Crippen LogP contribution in [0.2, 0.25) is 0 Å². The molecule has 6 nitrogen and oxygen atoms in total. The van der Waals surface area contributed by atoms with E-state index < -0.39 is 0 Å². The van der Waals surface area contributed by atoms with Gasteiger partial charge < -0.3 is 9.47 Å². The maximum absolute atomic E-state index is 5.21. The van der Waals surface area contributed by atoms with E-state index in [1.807, 2.05) is 18.2 Å². The number of rotatable bonds is 4. The zero-order valence-electron chi connectivity index (χ0n) is 9.95. The molecule has 2 rings (SSSR count). The molecule has 0 fully saturated rings. The number of ether oxygens (including phenoxy) is 2. The minimum atomic E-state index is 0.437.